The summed E-state index contributed by atoms with van der Waals surface area (Å²) in [4.78, 5) is 27.7. The highest BCUT2D eigenvalue weighted by Crippen LogP contribution is 2.37. The number of hydrogen-bond donors (Lipinski definition) is 0. The highest BCUT2D eigenvalue weighted by molar-refractivity contribution is 6.30. The second kappa shape index (κ2) is 8.20. The van der Waals surface area contributed by atoms with Crippen molar-refractivity contribution in [3.8, 4) is 0 Å². The van der Waals surface area contributed by atoms with E-state index in [0.29, 0.717) is 30.6 Å². The lowest BCUT2D eigenvalue weighted by molar-refractivity contribution is 0.0594. The summed E-state index contributed by atoms with van der Waals surface area (Å²) in [7, 11) is 0. The van der Waals surface area contributed by atoms with Crippen molar-refractivity contribution in [3.63, 3.8) is 0 Å². The number of hydrogen-bond acceptors (Lipinski definition) is 2. The summed E-state index contributed by atoms with van der Waals surface area (Å²) in [5.74, 6) is 0.520. The van der Waals surface area contributed by atoms with Crippen LogP contribution >= 0.6 is 11.6 Å². The molecule has 0 spiro atoms. The fraction of sp³-hybridized carbons (Fsp3) is 0.231. The van der Waals surface area contributed by atoms with Gasteiger partial charge in [-0.25, -0.2) is 0 Å². The van der Waals surface area contributed by atoms with Gasteiger partial charge in [0.2, 0.25) is 0 Å². The molecule has 1 fully saturated rings. The van der Waals surface area contributed by atoms with E-state index in [4.69, 9.17) is 11.6 Å². The van der Waals surface area contributed by atoms with E-state index in [-0.39, 0.29) is 17.4 Å². The van der Waals surface area contributed by atoms with Crippen molar-refractivity contribution in [1.29, 1.82) is 0 Å². The van der Waals surface area contributed by atoms with E-state index in [0.717, 1.165) is 28.8 Å². The molecule has 2 atom stereocenters. The van der Waals surface area contributed by atoms with Crippen LogP contribution in [0.2, 0.25) is 5.02 Å². The van der Waals surface area contributed by atoms with Crippen molar-refractivity contribution in [2.75, 3.05) is 13.1 Å². The normalized spacial score (nSPS) is 20.0. The summed E-state index contributed by atoms with van der Waals surface area (Å²) in [6, 6.07) is 20.7. The van der Waals surface area contributed by atoms with Crippen LogP contribution in [0.25, 0.3) is 12.2 Å². The number of carbonyl (C=O) groups is 1. The Morgan fingerprint density at radius 2 is 1.68 bits per heavy atom. The fourth-order valence-corrected chi connectivity index (χ4v) is 5.00. The number of carbonyl (C=O) groups excluding carboxylic acids is 1. The highest BCUT2D eigenvalue weighted by Gasteiger charge is 2.37. The molecule has 5 rings (SSSR count). The lowest BCUT2D eigenvalue weighted by Crippen LogP contribution is -2.49. The molecule has 0 saturated carbocycles. The molecule has 2 aromatic carbocycles. The molecule has 3 heterocycles. The molecule has 2 aliphatic heterocycles. The summed E-state index contributed by atoms with van der Waals surface area (Å²) in [5.41, 5.74) is 3.88. The number of rotatable bonds is 3. The Bertz CT molecular complexity index is 1200. The van der Waals surface area contributed by atoms with Crippen molar-refractivity contribution in [1.82, 2.24) is 9.47 Å². The molecular formula is C26H23ClN2O2. The van der Waals surface area contributed by atoms with Crippen LogP contribution in [0.15, 0.2) is 71.5 Å². The Hall–Kier alpha value is -3.11. The quantitative estimate of drug-likeness (QED) is 0.591. The third kappa shape index (κ3) is 3.96. The van der Waals surface area contributed by atoms with Gasteiger partial charge in [0.25, 0.3) is 11.5 Å². The number of amides is 1. The molecule has 1 saturated heterocycles. The van der Waals surface area contributed by atoms with Gasteiger partial charge in [-0.1, -0.05) is 54.1 Å². The van der Waals surface area contributed by atoms with Gasteiger partial charge in [0.05, 0.1) is 0 Å². The molecule has 0 aliphatic carbocycles. The molecule has 5 heteroatoms. The number of nitrogens with zero attached hydrogens (tertiary/aromatic N) is 2. The van der Waals surface area contributed by atoms with Crippen molar-refractivity contribution in [2.45, 2.75) is 18.9 Å². The first-order valence-electron chi connectivity index (χ1n) is 10.6. The topological polar surface area (TPSA) is 42.3 Å². The van der Waals surface area contributed by atoms with Crippen LogP contribution in [0.5, 0.6) is 0 Å². The molecule has 0 radical (unpaired) electrons. The second-order valence-corrected chi connectivity index (χ2v) is 8.82. The van der Waals surface area contributed by atoms with Crippen LogP contribution in [0, 0.1) is 5.92 Å². The predicted molar refractivity (Wildman–Crippen MR) is 124 cm³/mol. The summed E-state index contributed by atoms with van der Waals surface area (Å²) in [6.45, 7) is 1.99. The van der Waals surface area contributed by atoms with Crippen LogP contribution in [-0.2, 0) is 6.54 Å². The van der Waals surface area contributed by atoms with Crippen molar-refractivity contribution in [2.24, 2.45) is 5.92 Å². The first-order valence-corrected chi connectivity index (χ1v) is 11.0. The van der Waals surface area contributed by atoms with Gasteiger partial charge in [0.1, 0.15) is 0 Å². The maximum absolute atomic E-state index is 13.1. The van der Waals surface area contributed by atoms with Gasteiger partial charge in [-0.3, -0.25) is 9.59 Å². The van der Waals surface area contributed by atoms with Crippen LogP contribution in [0.3, 0.4) is 0 Å². The average Bonchev–Trinajstić information content (AvgIpc) is 2.80. The smallest absolute Gasteiger partial charge is 0.253 e. The number of aromatic nitrogens is 1. The summed E-state index contributed by atoms with van der Waals surface area (Å²) in [6.07, 6.45) is 5.11. The summed E-state index contributed by atoms with van der Waals surface area (Å²) in [5, 5.41) is 0.706. The number of benzene rings is 2. The molecule has 1 aromatic heterocycles. The molecule has 2 bridgehead atoms. The minimum atomic E-state index is 0.0381. The lowest BCUT2D eigenvalue weighted by Gasteiger charge is -2.43. The number of likely N-dealkylation sites (tertiary alicyclic amines) is 1. The third-order valence-electron chi connectivity index (χ3n) is 6.26. The molecular weight excluding hydrogens is 408 g/mol. The minimum Gasteiger partial charge on any atom is -0.338 e. The Morgan fingerprint density at radius 1 is 0.903 bits per heavy atom. The first kappa shape index (κ1) is 19.8. The second-order valence-electron chi connectivity index (χ2n) is 8.38. The molecule has 4 nitrogen and oxygen atoms in total. The maximum Gasteiger partial charge on any atom is 0.253 e. The number of pyridine rings is 1. The van der Waals surface area contributed by atoms with Gasteiger partial charge >= 0.3 is 0 Å². The first-order chi connectivity index (χ1) is 15.1. The van der Waals surface area contributed by atoms with Crippen LogP contribution < -0.4 is 5.56 Å². The Kier molecular flexibility index (Phi) is 5.24. The van der Waals surface area contributed by atoms with E-state index in [1.54, 1.807) is 6.07 Å². The Labute approximate surface area is 186 Å². The van der Waals surface area contributed by atoms with E-state index in [9.17, 15) is 9.59 Å². The molecule has 156 valence electrons. The van der Waals surface area contributed by atoms with Gasteiger partial charge in [-0.2, -0.15) is 0 Å². The lowest BCUT2D eigenvalue weighted by atomic mass is 9.81. The minimum absolute atomic E-state index is 0.0381. The van der Waals surface area contributed by atoms with E-state index < -0.39 is 0 Å². The molecule has 2 unspecified atom stereocenters. The van der Waals surface area contributed by atoms with E-state index in [1.807, 2.05) is 76.2 Å². The zero-order chi connectivity index (χ0) is 21.4. The average molecular weight is 431 g/mol. The molecule has 3 aromatic rings. The standard InChI is InChI=1S/C26H23ClN2O2/c27-23-11-7-18(8-12-23)6-9-20-10-13-24(30)29-16-19-14-22(25(20)29)17-28(15-19)26(31)21-4-2-1-3-5-21/h1-13,19,22H,14-17H2. The maximum atomic E-state index is 13.1. The van der Waals surface area contributed by atoms with E-state index in [1.165, 1.54) is 0 Å². The number of fused-ring (bicyclic) bond motifs is 4. The Morgan fingerprint density at radius 3 is 2.45 bits per heavy atom. The number of piperidine rings is 1. The SMILES string of the molecule is O=C(c1ccccc1)N1CC2CC(C1)c1c(C=Cc3ccc(Cl)cc3)ccc(=O)n1C2. The van der Waals surface area contributed by atoms with Gasteiger partial charge in [-0.05, 0) is 53.8 Å². The summed E-state index contributed by atoms with van der Waals surface area (Å²) >= 11 is 5.99. The van der Waals surface area contributed by atoms with Crippen molar-refractivity contribution >= 4 is 29.7 Å². The monoisotopic (exact) mass is 430 g/mol. The van der Waals surface area contributed by atoms with Gasteiger partial charge in [0.15, 0.2) is 0 Å². The van der Waals surface area contributed by atoms with Crippen molar-refractivity contribution < 1.29 is 4.79 Å². The molecule has 0 N–H and O–H groups in total. The van der Waals surface area contributed by atoms with E-state index in [2.05, 4.69) is 6.08 Å². The van der Waals surface area contributed by atoms with Crippen LogP contribution in [-0.4, -0.2) is 28.5 Å². The zero-order valence-corrected chi connectivity index (χ0v) is 17.8. The van der Waals surface area contributed by atoms with Gasteiger partial charge in [-0.15, -0.1) is 0 Å². The summed E-state index contributed by atoms with van der Waals surface area (Å²) < 4.78 is 1.92. The highest BCUT2D eigenvalue weighted by atomic mass is 35.5. The van der Waals surface area contributed by atoms with Gasteiger partial charge < -0.3 is 9.47 Å². The molecule has 2 aliphatic rings. The predicted octanol–water partition coefficient (Wildman–Crippen LogP) is 4.93. The van der Waals surface area contributed by atoms with Crippen LogP contribution in [0.4, 0.5) is 0 Å². The Balaban J connectivity index is 1.47. The third-order valence-corrected chi connectivity index (χ3v) is 6.51. The van der Waals surface area contributed by atoms with Gasteiger partial charge in [0, 0.05) is 47.9 Å². The zero-order valence-electron chi connectivity index (χ0n) is 17.1. The van der Waals surface area contributed by atoms with E-state index >= 15 is 0 Å². The largest absolute Gasteiger partial charge is 0.338 e. The van der Waals surface area contributed by atoms with Crippen LogP contribution in [0.1, 0.15) is 39.5 Å². The van der Waals surface area contributed by atoms with Crippen molar-refractivity contribution in [3.05, 3.63) is 104 Å². The molecule has 1 amide bonds. The molecule has 31 heavy (non-hydrogen) atoms. The number of halogens is 1. The fourth-order valence-electron chi connectivity index (χ4n) is 4.88.